The van der Waals surface area contributed by atoms with E-state index in [4.69, 9.17) is 14.1 Å². The lowest BCUT2D eigenvalue weighted by Crippen LogP contribution is -2.11. The summed E-state index contributed by atoms with van der Waals surface area (Å²) < 4.78 is 11.7. The number of aromatic nitrogens is 1. The van der Waals surface area contributed by atoms with Crippen molar-refractivity contribution in [3.05, 3.63) is 102 Å². The Kier molecular flexibility index (Phi) is 6.39. The van der Waals surface area contributed by atoms with Gasteiger partial charge >= 0.3 is 5.97 Å². The number of carbonyl (C=O) groups is 1. The fraction of sp³-hybridized carbons (Fsp3) is 0.200. The first-order valence-electron chi connectivity index (χ1n) is 11.8. The summed E-state index contributed by atoms with van der Waals surface area (Å²) in [7, 11) is 0. The third-order valence-corrected chi connectivity index (χ3v) is 6.19. The fourth-order valence-electron chi connectivity index (χ4n) is 4.58. The molecule has 0 fully saturated rings. The van der Waals surface area contributed by atoms with Crippen LogP contribution in [0.2, 0.25) is 0 Å². The van der Waals surface area contributed by atoms with Gasteiger partial charge in [-0.15, -0.1) is 0 Å². The summed E-state index contributed by atoms with van der Waals surface area (Å²) in [5, 5.41) is 0. The number of hydrogen-bond donors (Lipinski definition) is 0. The quantitative estimate of drug-likeness (QED) is 0.228. The Hall–Kier alpha value is -3.92. The first kappa shape index (κ1) is 21.9. The number of hydrogen-bond acceptors (Lipinski definition) is 4. The molecule has 0 saturated carbocycles. The maximum absolute atomic E-state index is 11.2. The molecule has 4 heteroatoms. The van der Waals surface area contributed by atoms with Crippen LogP contribution in [-0.2, 0) is 11.2 Å². The van der Waals surface area contributed by atoms with Crippen LogP contribution in [0.3, 0.4) is 0 Å². The van der Waals surface area contributed by atoms with E-state index in [1.165, 1.54) is 18.1 Å². The van der Waals surface area contributed by atoms with Gasteiger partial charge in [-0.3, -0.25) is 4.79 Å². The van der Waals surface area contributed by atoms with Gasteiger partial charge in [-0.1, -0.05) is 78.9 Å². The van der Waals surface area contributed by atoms with Crippen molar-refractivity contribution in [1.29, 1.82) is 0 Å². The molecule has 0 radical (unpaired) electrons. The second-order valence-corrected chi connectivity index (χ2v) is 8.66. The minimum absolute atomic E-state index is 0.308. The normalized spacial score (nSPS) is 15.6. The molecule has 4 aromatic rings. The lowest BCUT2D eigenvalue weighted by molar-refractivity contribution is -0.131. The van der Waals surface area contributed by atoms with Crippen molar-refractivity contribution in [2.45, 2.75) is 32.6 Å². The first-order chi connectivity index (χ1) is 16.7. The molecule has 1 unspecified atom stereocenters. The zero-order chi connectivity index (χ0) is 23.3. The monoisotopic (exact) mass is 449 g/mol. The first-order valence-corrected chi connectivity index (χ1v) is 11.8. The van der Waals surface area contributed by atoms with E-state index in [-0.39, 0.29) is 5.97 Å². The van der Waals surface area contributed by atoms with E-state index in [9.17, 15) is 4.79 Å². The summed E-state index contributed by atoms with van der Waals surface area (Å²) in [5.74, 6) is 2.09. The minimum atomic E-state index is -0.308. The number of oxazole rings is 1. The Morgan fingerprint density at radius 3 is 2.29 bits per heavy atom. The van der Waals surface area contributed by atoms with E-state index in [1.807, 2.05) is 60.7 Å². The molecule has 34 heavy (non-hydrogen) atoms. The third kappa shape index (κ3) is 4.86. The van der Waals surface area contributed by atoms with Gasteiger partial charge in [0, 0.05) is 23.6 Å². The van der Waals surface area contributed by atoms with Crippen molar-refractivity contribution in [1.82, 2.24) is 4.98 Å². The molecule has 5 rings (SSSR count). The van der Waals surface area contributed by atoms with Crippen LogP contribution in [0.25, 0.3) is 28.2 Å². The summed E-state index contributed by atoms with van der Waals surface area (Å²) in [4.78, 5) is 16.2. The van der Waals surface area contributed by atoms with Crippen LogP contribution in [-0.4, -0.2) is 11.0 Å². The molecule has 1 aromatic heterocycles. The molecule has 3 aromatic carbocycles. The SMILES string of the molecule is CC(=O)Oc1ccc(CC2CCCC=C2c2nc(-c3ccccc3)c(-c3ccccc3)o2)cc1. The highest BCUT2D eigenvalue weighted by molar-refractivity contribution is 5.79. The Labute approximate surface area is 199 Å². The summed E-state index contributed by atoms with van der Waals surface area (Å²) >= 11 is 0. The summed E-state index contributed by atoms with van der Waals surface area (Å²) in [6.45, 7) is 1.41. The van der Waals surface area contributed by atoms with Gasteiger partial charge in [-0.2, -0.15) is 0 Å². The van der Waals surface area contributed by atoms with Crippen molar-refractivity contribution in [2.24, 2.45) is 5.92 Å². The van der Waals surface area contributed by atoms with Gasteiger partial charge in [0.15, 0.2) is 5.76 Å². The zero-order valence-electron chi connectivity index (χ0n) is 19.2. The van der Waals surface area contributed by atoms with Gasteiger partial charge in [0.05, 0.1) is 0 Å². The van der Waals surface area contributed by atoms with Crippen LogP contribution in [0.1, 0.15) is 37.6 Å². The number of allylic oxidation sites excluding steroid dienone is 2. The highest BCUT2D eigenvalue weighted by Gasteiger charge is 2.26. The number of rotatable bonds is 6. The van der Waals surface area contributed by atoms with E-state index in [0.29, 0.717) is 17.6 Å². The average Bonchev–Trinajstić information content (AvgIpc) is 3.32. The molecule has 4 nitrogen and oxygen atoms in total. The molecule has 0 bridgehead atoms. The van der Waals surface area contributed by atoms with Crippen LogP contribution in [0, 0.1) is 5.92 Å². The molecule has 0 aliphatic heterocycles. The predicted octanol–water partition coefficient (Wildman–Crippen LogP) is 7.36. The average molecular weight is 450 g/mol. The highest BCUT2D eigenvalue weighted by Crippen LogP contribution is 2.40. The third-order valence-electron chi connectivity index (χ3n) is 6.19. The molecule has 1 heterocycles. The number of esters is 1. The number of carbonyl (C=O) groups excluding carboxylic acids is 1. The Bertz CT molecular complexity index is 1230. The van der Waals surface area contributed by atoms with Gasteiger partial charge in [0.25, 0.3) is 0 Å². The van der Waals surface area contributed by atoms with Crippen molar-refractivity contribution in [2.75, 3.05) is 0 Å². The van der Waals surface area contributed by atoms with Crippen LogP contribution in [0.5, 0.6) is 5.75 Å². The molecule has 0 amide bonds. The Morgan fingerprint density at radius 1 is 0.941 bits per heavy atom. The second kappa shape index (κ2) is 9.92. The smallest absolute Gasteiger partial charge is 0.308 e. The number of nitrogens with zero attached hydrogens (tertiary/aromatic N) is 1. The van der Waals surface area contributed by atoms with Crippen LogP contribution >= 0.6 is 0 Å². The van der Waals surface area contributed by atoms with Crippen LogP contribution < -0.4 is 4.74 Å². The molecule has 0 spiro atoms. The molecular formula is C30H27NO3. The highest BCUT2D eigenvalue weighted by atomic mass is 16.5. The lowest BCUT2D eigenvalue weighted by atomic mass is 9.83. The van der Waals surface area contributed by atoms with Crippen LogP contribution in [0.15, 0.2) is 95.4 Å². The van der Waals surface area contributed by atoms with E-state index >= 15 is 0 Å². The van der Waals surface area contributed by atoms with Crippen molar-refractivity contribution in [3.8, 4) is 28.3 Å². The lowest BCUT2D eigenvalue weighted by Gasteiger charge is -2.22. The van der Waals surface area contributed by atoms with Crippen molar-refractivity contribution < 1.29 is 13.9 Å². The molecular weight excluding hydrogens is 422 g/mol. The van der Waals surface area contributed by atoms with Crippen LogP contribution in [0.4, 0.5) is 0 Å². The summed E-state index contributed by atoms with van der Waals surface area (Å²) in [6, 6.07) is 28.2. The maximum atomic E-state index is 11.2. The summed E-state index contributed by atoms with van der Waals surface area (Å²) in [6.07, 6.45) is 6.44. The standard InChI is InChI=1S/C30H27NO3/c1-21(32)33-26-18-16-22(17-19-26)20-25-14-8-9-15-27(25)30-31-28(23-10-4-2-5-11-23)29(34-30)24-12-6-3-7-13-24/h2-7,10-13,15-19,25H,8-9,14,20H2,1H3. The molecule has 1 atom stereocenters. The zero-order valence-corrected chi connectivity index (χ0v) is 19.2. The fourth-order valence-corrected chi connectivity index (χ4v) is 4.58. The minimum Gasteiger partial charge on any atom is -0.436 e. The van der Waals surface area contributed by atoms with Gasteiger partial charge in [0.2, 0.25) is 5.89 Å². The van der Waals surface area contributed by atoms with E-state index in [2.05, 4.69) is 30.3 Å². The molecule has 0 saturated heterocycles. The topological polar surface area (TPSA) is 52.3 Å². The van der Waals surface area contributed by atoms with E-state index < -0.39 is 0 Å². The van der Waals surface area contributed by atoms with Crippen molar-refractivity contribution in [3.63, 3.8) is 0 Å². The predicted molar refractivity (Wildman–Crippen MR) is 134 cm³/mol. The maximum Gasteiger partial charge on any atom is 0.308 e. The molecule has 170 valence electrons. The van der Waals surface area contributed by atoms with Crippen molar-refractivity contribution >= 4 is 11.5 Å². The van der Waals surface area contributed by atoms with E-state index in [0.717, 1.165) is 48.3 Å². The number of benzene rings is 3. The summed E-state index contributed by atoms with van der Waals surface area (Å²) in [5.41, 5.74) is 5.32. The largest absolute Gasteiger partial charge is 0.436 e. The van der Waals surface area contributed by atoms with Gasteiger partial charge in [-0.25, -0.2) is 4.98 Å². The Morgan fingerprint density at radius 2 is 1.62 bits per heavy atom. The van der Waals surface area contributed by atoms with Gasteiger partial charge < -0.3 is 9.15 Å². The van der Waals surface area contributed by atoms with Gasteiger partial charge in [0.1, 0.15) is 11.4 Å². The number of ether oxygens (including phenoxy) is 1. The van der Waals surface area contributed by atoms with Gasteiger partial charge in [-0.05, 0) is 49.3 Å². The Balaban J connectivity index is 1.47. The second-order valence-electron chi connectivity index (χ2n) is 8.66. The molecule has 1 aliphatic carbocycles. The van der Waals surface area contributed by atoms with E-state index in [1.54, 1.807) is 0 Å². The molecule has 0 N–H and O–H groups in total. The molecule has 1 aliphatic rings.